The van der Waals surface area contributed by atoms with E-state index in [1.54, 1.807) is 6.07 Å². The minimum Gasteiger partial charge on any atom is -0.388 e. The molecule has 0 saturated carbocycles. The smallest absolute Gasteiger partial charge is 0.0991 e. The summed E-state index contributed by atoms with van der Waals surface area (Å²) < 4.78 is 2.20. The SMILES string of the molecule is N#Cc1ccc2c(c1)CC[C@H](C1c3ccccc3-c3cncn31)[C@@H]2O. The van der Waals surface area contributed by atoms with Crippen LogP contribution in [0, 0.1) is 17.2 Å². The predicted octanol–water partition coefficient (Wildman–Crippen LogP) is 3.62. The molecule has 0 fully saturated rings. The Labute approximate surface area is 146 Å². The fourth-order valence-corrected chi connectivity index (χ4v) is 4.53. The van der Waals surface area contributed by atoms with Gasteiger partial charge in [-0.25, -0.2) is 4.98 Å². The van der Waals surface area contributed by atoms with Gasteiger partial charge in [0, 0.05) is 11.5 Å². The lowest BCUT2D eigenvalue weighted by Gasteiger charge is -2.35. The fourth-order valence-electron chi connectivity index (χ4n) is 4.53. The van der Waals surface area contributed by atoms with E-state index in [1.807, 2.05) is 24.7 Å². The standard InChI is InChI=1S/C21H17N3O/c22-10-13-5-7-15-14(9-13)6-8-18(21(15)25)20-17-4-2-1-3-16(17)19-11-23-12-24(19)20/h1-5,7,9,11-12,18,20-21,25H,6,8H2/t18-,20?,21-/m1/s1. The van der Waals surface area contributed by atoms with E-state index in [9.17, 15) is 5.11 Å². The molecule has 0 saturated heterocycles. The lowest BCUT2D eigenvalue weighted by molar-refractivity contribution is 0.0720. The van der Waals surface area contributed by atoms with E-state index < -0.39 is 6.10 Å². The third kappa shape index (κ3) is 2.00. The van der Waals surface area contributed by atoms with Crippen LogP contribution >= 0.6 is 0 Å². The highest BCUT2D eigenvalue weighted by molar-refractivity contribution is 5.69. The molecule has 0 bridgehead atoms. The second-order valence-corrected chi connectivity index (χ2v) is 6.89. The van der Waals surface area contributed by atoms with Crippen molar-refractivity contribution in [3.63, 3.8) is 0 Å². The zero-order valence-corrected chi connectivity index (χ0v) is 13.6. The Hall–Kier alpha value is -2.90. The Kier molecular flexibility index (Phi) is 3.06. The second-order valence-electron chi connectivity index (χ2n) is 6.89. The van der Waals surface area contributed by atoms with E-state index in [0.717, 1.165) is 29.7 Å². The maximum Gasteiger partial charge on any atom is 0.0991 e. The van der Waals surface area contributed by atoms with Crippen LogP contribution in [0.5, 0.6) is 0 Å². The summed E-state index contributed by atoms with van der Waals surface area (Å²) in [7, 11) is 0. The molecule has 1 aliphatic carbocycles. The summed E-state index contributed by atoms with van der Waals surface area (Å²) in [5.41, 5.74) is 6.32. The third-order valence-corrected chi connectivity index (χ3v) is 5.67. The van der Waals surface area contributed by atoms with E-state index in [-0.39, 0.29) is 12.0 Å². The first-order valence-electron chi connectivity index (χ1n) is 8.60. The van der Waals surface area contributed by atoms with Gasteiger partial charge in [0.25, 0.3) is 0 Å². The highest BCUT2D eigenvalue weighted by Crippen LogP contribution is 2.49. The number of rotatable bonds is 1. The van der Waals surface area contributed by atoms with Crippen molar-refractivity contribution >= 4 is 0 Å². The lowest BCUT2D eigenvalue weighted by Crippen LogP contribution is -2.28. The van der Waals surface area contributed by atoms with Crippen LogP contribution in [0.4, 0.5) is 0 Å². The van der Waals surface area contributed by atoms with Gasteiger partial charge in [0.15, 0.2) is 0 Å². The average molecular weight is 327 g/mol. The molecular weight excluding hydrogens is 310 g/mol. The number of aromatic nitrogens is 2. The first-order chi connectivity index (χ1) is 12.3. The van der Waals surface area contributed by atoms with Gasteiger partial charge in [-0.05, 0) is 41.7 Å². The number of imidazole rings is 1. The number of fused-ring (bicyclic) bond motifs is 4. The second kappa shape index (κ2) is 5.30. The summed E-state index contributed by atoms with van der Waals surface area (Å²) in [5.74, 6) is 0.0945. The molecule has 4 heteroatoms. The van der Waals surface area contributed by atoms with Crippen LogP contribution in [-0.2, 0) is 6.42 Å². The summed E-state index contributed by atoms with van der Waals surface area (Å²) in [4.78, 5) is 4.33. The monoisotopic (exact) mass is 327 g/mol. The van der Waals surface area contributed by atoms with E-state index >= 15 is 0 Å². The topological polar surface area (TPSA) is 61.8 Å². The van der Waals surface area contributed by atoms with Crippen LogP contribution in [0.25, 0.3) is 11.3 Å². The summed E-state index contributed by atoms with van der Waals surface area (Å²) in [5, 5.41) is 20.2. The van der Waals surface area contributed by atoms with Gasteiger partial charge in [0.2, 0.25) is 0 Å². The quantitative estimate of drug-likeness (QED) is 0.742. The molecule has 3 aromatic rings. The van der Waals surface area contributed by atoms with Crippen LogP contribution in [0.3, 0.4) is 0 Å². The highest BCUT2D eigenvalue weighted by atomic mass is 16.3. The summed E-state index contributed by atoms with van der Waals surface area (Å²) in [6.45, 7) is 0. The number of aliphatic hydroxyl groups is 1. The van der Waals surface area contributed by atoms with Gasteiger partial charge in [-0.2, -0.15) is 5.26 Å². The maximum atomic E-state index is 11.1. The van der Waals surface area contributed by atoms with E-state index in [1.165, 1.54) is 11.1 Å². The molecule has 0 radical (unpaired) electrons. The Morgan fingerprint density at radius 2 is 2.04 bits per heavy atom. The van der Waals surface area contributed by atoms with Gasteiger partial charge in [-0.3, -0.25) is 0 Å². The fraction of sp³-hybridized carbons (Fsp3) is 0.238. The van der Waals surface area contributed by atoms with Gasteiger partial charge in [0.05, 0.1) is 42.0 Å². The molecule has 5 rings (SSSR count). The minimum atomic E-state index is -0.539. The van der Waals surface area contributed by atoms with Gasteiger partial charge in [-0.15, -0.1) is 0 Å². The zero-order chi connectivity index (χ0) is 17.0. The normalized spacial score (nSPS) is 23.4. The van der Waals surface area contributed by atoms with Crippen LogP contribution in [-0.4, -0.2) is 14.7 Å². The first kappa shape index (κ1) is 14.4. The largest absolute Gasteiger partial charge is 0.388 e. The molecule has 2 aromatic carbocycles. The van der Waals surface area contributed by atoms with E-state index in [0.29, 0.717) is 5.56 Å². The molecule has 0 spiro atoms. The number of hydrogen-bond acceptors (Lipinski definition) is 3. The van der Waals surface area contributed by atoms with Gasteiger partial charge in [-0.1, -0.05) is 30.3 Å². The number of hydrogen-bond donors (Lipinski definition) is 1. The molecule has 2 heterocycles. The molecule has 122 valence electrons. The predicted molar refractivity (Wildman–Crippen MR) is 93.7 cm³/mol. The number of nitrogens with zero attached hydrogens (tertiary/aromatic N) is 3. The van der Waals surface area contributed by atoms with Crippen molar-refractivity contribution in [3.05, 3.63) is 77.2 Å². The van der Waals surface area contributed by atoms with Crippen molar-refractivity contribution in [2.45, 2.75) is 25.0 Å². The lowest BCUT2D eigenvalue weighted by atomic mass is 9.75. The van der Waals surface area contributed by atoms with Crippen molar-refractivity contribution < 1.29 is 5.11 Å². The average Bonchev–Trinajstić information content (AvgIpc) is 3.23. The first-order valence-corrected chi connectivity index (χ1v) is 8.60. The molecule has 1 aliphatic heterocycles. The summed E-state index contributed by atoms with van der Waals surface area (Å²) in [6, 6.07) is 16.3. The van der Waals surface area contributed by atoms with Crippen molar-refractivity contribution in [3.8, 4) is 17.3 Å². The molecule has 4 nitrogen and oxygen atoms in total. The Balaban J connectivity index is 1.60. The van der Waals surface area contributed by atoms with Crippen molar-refractivity contribution in [2.24, 2.45) is 5.92 Å². The van der Waals surface area contributed by atoms with Crippen LogP contribution in [0.2, 0.25) is 0 Å². The molecule has 1 N–H and O–H groups in total. The highest BCUT2D eigenvalue weighted by Gasteiger charge is 2.40. The molecule has 0 amide bonds. The number of aliphatic hydroxyl groups excluding tert-OH is 1. The maximum absolute atomic E-state index is 11.1. The van der Waals surface area contributed by atoms with Crippen molar-refractivity contribution in [1.29, 1.82) is 5.26 Å². The molecule has 25 heavy (non-hydrogen) atoms. The van der Waals surface area contributed by atoms with Gasteiger partial charge >= 0.3 is 0 Å². The summed E-state index contributed by atoms with van der Waals surface area (Å²) >= 11 is 0. The number of benzene rings is 2. The van der Waals surface area contributed by atoms with E-state index in [4.69, 9.17) is 5.26 Å². The zero-order valence-electron chi connectivity index (χ0n) is 13.6. The summed E-state index contributed by atoms with van der Waals surface area (Å²) in [6.07, 6.45) is 5.01. The van der Waals surface area contributed by atoms with E-state index in [2.05, 4.69) is 39.9 Å². The van der Waals surface area contributed by atoms with Crippen molar-refractivity contribution in [2.75, 3.05) is 0 Å². The van der Waals surface area contributed by atoms with Gasteiger partial charge in [0.1, 0.15) is 0 Å². The van der Waals surface area contributed by atoms with Crippen LogP contribution < -0.4 is 0 Å². The Bertz CT molecular complexity index is 1010. The molecule has 1 unspecified atom stereocenters. The Morgan fingerprint density at radius 3 is 2.92 bits per heavy atom. The number of aryl methyl sites for hydroxylation is 1. The number of nitriles is 1. The third-order valence-electron chi connectivity index (χ3n) is 5.67. The van der Waals surface area contributed by atoms with Gasteiger partial charge < -0.3 is 9.67 Å². The minimum absolute atomic E-state index is 0.0945. The van der Waals surface area contributed by atoms with Crippen LogP contribution in [0.15, 0.2) is 55.0 Å². The van der Waals surface area contributed by atoms with Crippen molar-refractivity contribution in [1.82, 2.24) is 9.55 Å². The molecule has 3 atom stereocenters. The van der Waals surface area contributed by atoms with Crippen LogP contribution in [0.1, 0.15) is 40.8 Å². The molecule has 2 aliphatic rings. The molecule has 1 aromatic heterocycles. The Morgan fingerprint density at radius 1 is 1.16 bits per heavy atom. The molecular formula is C21H17N3O.